The number of nitrogens with one attached hydrogen (secondary N) is 1. The molecule has 100 valence electrons. The van der Waals surface area contributed by atoms with Crippen LogP contribution >= 0.6 is 11.6 Å². The first-order valence-electron chi connectivity index (χ1n) is 5.87. The molecule has 0 fully saturated rings. The molecule has 0 spiro atoms. The van der Waals surface area contributed by atoms with E-state index in [4.69, 9.17) is 11.6 Å². The molecule has 2 rings (SSSR count). The first-order valence-corrected chi connectivity index (χ1v) is 6.24. The maximum Gasteiger partial charge on any atom is 0.230 e. The largest absolute Gasteiger partial charge is 0.354 e. The molecule has 0 saturated carbocycles. The molecule has 0 unspecified atom stereocenters. The normalized spacial score (nSPS) is 10.3. The van der Waals surface area contributed by atoms with E-state index in [1.54, 1.807) is 17.3 Å². The Hall–Kier alpha value is -1.95. The van der Waals surface area contributed by atoms with Gasteiger partial charge >= 0.3 is 0 Å². The molecule has 0 saturated heterocycles. The SMILES string of the molecule is CN(C)c1nc(Cl)nc(NCCc2ccncc2)n1. The molecule has 0 bridgehead atoms. The number of pyridine rings is 1. The van der Waals surface area contributed by atoms with Crippen molar-refractivity contribution in [1.82, 2.24) is 19.9 Å². The summed E-state index contributed by atoms with van der Waals surface area (Å²) in [5, 5.41) is 3.32. The molecule has 0 radical (unpaired) electrons. The molecule has 19 heavy (non-hydrogen) atoms. The van der Waals surface area contributed by atoms with Gasteiger partial charge in [-0.25, -0.2) is 0 Å². The third kappa shape index (κ3) is 4.03. The molecule has 2 aromatic heterocycles. The van der Waals surface area contributed by atoms with Gasteiger partial charge in [0.15, 0.2) is 0 Å². The first-order chi connectivity index (χ1) is 9.15. The van der Waals surface area contributed by atoms with Crippen LogP contribution in [0, 0.1) is 0 Å². The molecule has 0 aromatic carbocycles. The number of halogens is 1. The van der Waals surface area contributed by atoms with Crippen LogP contribution in [0.1, 0.15) is 5.56 Å². The number of rotatable bonds is 5. The number of nitrogens with zero attached hydrogens (tertiary/aromatic N) is 5. The Morgan fingerprint density at radius 2 is 1.89 bits per heavy atom. The Morgan fingerprint density at radius 1 is 1.16 bits per heavy atom. The molecular formula is C12H15ClN6. The van der Waals surface area contributed by atoms with Crippen LogP contribution < -0.4 is 10.2 Å². The number of hydrogen-bond acceptors (Lipinski definition) is 6. The van der Waals surface area contributed by atoms with Gasteiger partial charge in [-0.15, -0.1) is 0 Å². The van der Waals surface area contributed by atoms with Crippen molar-refractivity contribution in [3.63, 3.8) is 0 Å². The highest BCUT2D eigenvalue weighted by molar-refractivity contribution is 6.28. The molecule has 2 aromatic rings. The second-order valence-electron chi connectivity index (χ2n) is 4.15. The van der Waals surface area contributed by atoms with Crippen LogP contribution in [0.25, 0.3) is 0 Å². The van der Waals surface area contributed by atoms with E-state index in [1.807, 2.05) is 26.2 Å². The quantitative estimate of drug-likeness (QED) is 0.897. The second kappa shape index (κ2) is 6.29. The van der Waals surface area contributed by atoms with Gasteiger partial charge in [0.2, 0.25) is 17.2 Å². The minimum atomic E-state index is 0.185. The molecule has 0 atom stereocenters. The lowest BCUT2D eigenvalue weighted by Crippen LogP contribution is -2.16. The summed E-state index contributed by atoms with van der Waals surface area (Å²) in [4.78, 5) is 18.1. The van der Waals surface area contributed by atoms with Crippen LogP contribution in [-0.2, 0) is 6.42 Å². The lowest BCUT2D eigenvalue weighted by atomic mass is 10.2. The Labute approximate surface area is 116 Å². The van der Waals surface area contributed by atoms with Gasteiger partial charge in [0.25, 0.3) is 0 Å². The van der Waals surface area contributed by atoms with Crippen molar-refractivity contribution in [2.24, 2.45) is 0 Å². The van der Waals surface area contributed by atoms with Crippen molar-refractivity contribution in [2.45, 2.75) is 6.42 Å². The van der Waals surface area contributed by atoms with Gasteiger partial charge in [0.1, 0.15) is 0 Å². The monoisotopic (exact) mass is 278 g/mol. The van der Waals surface area contributed by atoms with E-state index in [9.17, 15) is 0 Å². The maximum absolute atomic E-state index is 5.85. The summed E-state index contributed by atoms with van der Waals surface area (Å²) < 4.78 is 0. The highest BCUT2D eigenvalue weighted by Crippen LogP contribution is 2.11. The van der Waals surface area contributed by atoms with Gasteiger partial charge in [-0.2, -0.15) is 15.0 Å². The summed E-state index contributed by atoms with van der Waals surface area (Å²) in [6.45, 7) is 0.719. The van der Waals surface area contributed by atoms with E-state index in [2.05, 4.69) is 25.3 Å². The summed E-state index contributed by atoms with van der Waals surface area (Å²) in [7, 11) is 3.71. The zero-order chi connectivity index (χ0) is 13.7. The van der Waals surface area contributed by atoms with Crippen LogP contribution in [0.2, 0.25) is 5.28 Å². The predicted octanol–water partition coefficient (Wildman–Crippen LogP) is 1.64. The summed E-state index contributed by atoms with van der Waals surface area (Å²) in [5.41, 5.74) is 1.20. The highest BCUT2D eigenvalue weighted by atomic mass is 35.5. The summed E-state index contributed by atoms with van der Waals surface area (Å²) in [6.07, 6.45) is 4.42. The van der Waals surface area contributed by atoms with Crippen LogP contribution in [0.5, 0.6) is 0 Å². The lowest BCUT2D eigenvalue weighted by molar-refractivity contribution is 0.928. The molecular weight excluding hydrogens is 264 g/mol. The molecule has 0 aliphatic rings. The number of hydrogen-bond donors (Lipinski definition) is 1. The van der Waals surface area contributed by atoms with Crippen molar-refractivity contribution >= 4 is 23.5 Å². The average Bonchev–Trinajstić information content (AvgIpc) is 2.39. The molecule has 6 nitrogen and oxygen atoms in total. The molecule has 0 aliphatic heterocycles. The van der Waals surface area contributed by atoms with Gasteiger partial charge < -0.3 is 10.2 Å². The summed E-state index contributed by atoms with van der Waals surface area (Å²) in [6, 6.07) is 3.96. The number of aromatic nitrogens is 4. The lowest BCUT2D eigenvalue weighted by Gasteiger charge is -2.11. The van der Waals surface area contributed by atoms with Crippen molar-refractivity contribution < 1.29 is 0 Å². The fraction of sp³-hybridized carbons (Fsp3) is 0.333. The molecule has 7 heteroatoms. The van der Waals surface area contributed by atoms with Gasteiger partial charge in [0.05, 0.1) is 0 Å². The third-order valence-electron chi connectivity index (χ3n) is 2.44. The van der Waals surface area contributed by atoms with Crippen molar-refractivity contribution in [1.29, 1.82) is 0 Å². The van der Waals surface area contributed by atoms with E-state index >= 15 is 0 Å². The Morgan fingerprint density at radius 3 is 2.58 bits per heavy atom. The Bertz CT molecular complexity index is 531. The molecule has 0 aliphatic carbocycles. The van der Waals surface area contributed by atoms with Gasteiger partial charge in [-0.1, -0.05) is 0 Å². The minimum absolute atomic E-state index is 0.185. The zero-order valence-electron chi connectivity index (χ0n) is 10.8. The highest BCUT2D eigenvalue weighted by Gasteiger charge is 2.06. The van der Waals surface area contributed by atoms with E-state index < -0.39 is 0 Å². The minimum Gasteiger partial charge on any atom is -0.354 e. The fourth-order valence-corrected chi connectivity index (χ4v) is 1.64. The maximum atomic E-state index is 5.85. The van der Waals surface area contributed by atoms with Crippen LogP contribution in [0.3, 0.4) is 0 Å². The Kier molecular flexibility index (Phi) is 4.46. The van der Waals surface area contributed by atoms with Crippen molar-refractivity contribution in [3.8, 4) is 0 Å². The summed E-state index contributed by atoms with van der Waals surface area (Å²) in [5.74, 6) is 1.02. The van der Waals surface area contributed by atoms with Crippen molar-refractivity contribution in [2.75, 3.05) is 30.9 Å². The van der Waals surface area contributed by atoms with Gasteiger partial charge in [-0.05, 0) is 35.7 Å². The van der Waals surface area contributed by atoms with E-state index in [-0.39, 0.29) is 5.28 Å². The summed E-state index contributed by atoms with van der Waals surface area (Å²) >= 11 is 5.85. The second-order valence-corrected chi connectivity index (χ2v) is 4.49. The molecule has 2 heterocycles. The van der Waals surface area contributed by atoms with Gasteiger partial charge in [0, 0.05) is 33.0 Å². The first kappa shape index (κ1) is 13.5. The molecule has 0 amide bonds. The number of anilines is 2. The predicted molar refractivity (Wildman–Crippen MR) is 75.6 cm³/mol. The smallest absolute Gasteiger partial charge is 0.230 e. The van der Waals surface area contributed by atoms with E-state index in [0.29, 0.717) is 11.9 Å². The average molecular weight is 279 g/mol. The standard InChI is InChI=1S/C12H15ClN6/c1-19(2)12-17-10(13)16-11(18-12)15-8-5-9-3-6-14-7-4-9/h3-4,6-7H,5,8H2,1-2H3,(H,15,16,17,18). The Balaban J connectivity index is 1.96. The third-order valence-corrected chi connectivity index (χ3v) is 2.61. The molecule has 1 N–H and O–H groups in total. The van der Waals surface area contributed by atoms with Crippen LogP contribution in [-0.4, -0.2) is 40.6 Å². The van der Waals surface area contributed by atoms with E-state index in [1.165, 1.54) is 5.56 Å². The van der Waals surface area contributed by atoms with Gasteiger partial charge in [-0.3, -0.25) is 4.98 Å². The van der Waals surface area contributed by atoms with Crippen molar-refractivity contribution in [3.05, 3.63) is 35.4 Å². The topological polar surface area (TPSA) is 66.8 Å². The van der Waals surface area contributed by atoms with Crippen LogP contribution in [0.4, 0.5) is 11.9 Å². The van der Waals surface area contributed by atoms with E-state index in [0.717, 1.165) is 13.0 Å². The van der Waals surface area contributed by atoms with Crippen LogP contribution in [0.15, 0.2) is 24.5 Å². The zero-order valence-corrected chi connectivity index (χ0v) is 11.6. The fourth-order valence-electron chi connectivity index (χ4n) is 1.49.